The van der Waals surface area contributed by atoms with Crippen molar-refractivity contribution < 1.29 is 14.3 Å². The molecule has 30 heavy (non-hydrogen) atoms. The van der Waals surface area contributed by atoms with Gasteiger partial charge in [-0.3, -0.25) is 9.59 Å². The molecule has 2 aliphatic rings. The Morgan fingerprint density at radius 1 is 1.13 bits per heavy atom. The van der Waals surface area contributed by atoms with Crippen molar-refractivity contribution >= 4 is 17.3 Å². The molecular formula is C23H24N4O3. The van der Waals surface area contributed by atoms with E-state index in [1.54, 1.807) is 10.6 Å². The summed E-state index contributed by atoms with van der Waals surface area (Å²) in [5.74, 6) is 0.678. The van der Waals surface area contributed by atoms with Gasteiger partial charge in [0.1, 0.15) is 11.4 Å². The van der Waals surface area contributed by atoms with Crippen molar-refractivity contribution in [1.29, 1.82) is 0 Å². The number of benzene rings is 1. The van der Waals surface area contributed by atoms with Gasteiger partial charge in [-0.05, 0) is 44.9 Å². The normalized spacial score (nSPS) is 21.4. The Bertz CT molecular complexity index is 1170. The highest BCUT2D eigenvalue weighted by atomic mass is 16.5. The maximum absolute atomic E-state index is 13.2. The van der Waals surface area contributed by atoms with E-state index in [9.17, 15) is 9.59 Å². The number of aromatic nitrogens is 3. The van der Waals surface area contributed by atoms with Crippen molar-refractivity contribution in [3.8, 4) is 5.75 Å². The van der Waals surface area contributed by atoms with Crippen LogP contribution in [-0.2, 0) is 0 Å². The Kier molecular flexibility index (Phi) is 4.34. The maximum Gasteiger partial charge on any atom is 0.274 e. The fraction of sp³-hybridized carbons (Fsp3) is 0.391. The van der Waals surface area contributed by atoms with Gasteiger partial charge in [-0.25, -0.2) is 9.50 Å². The van der Waals surface area contributed by atoms with Gasteiger partial charge in [0.2, 0.25) is 0 Å². The quantitative estimate of drug-likeness (QED) is 0.621. The lowest BCUT2D eigenvalue weighted by atomic mass is 9.84. The molecule has 1 aromatic carbocycles. The van der Waals surface area contributed by atoms with Crippen LogP contribution in [-0.4, -0.2) is 49.9 Å². The van der Waals surface area contributed by atoms with Crippen LogP contribution in [0.4, 0.5) is 0 Å². The first-order valence-electron chi connectivity index (χ1n) is 10.4. The molecule has 7 nitrogen and oxygen atoms in total. The number of Topliss-reactive ketones (excluding diaryl/α,β-unsaturated/α-hetero) is 1. The molecule has 4 heterocycles. The number of aryl methyl sites for hydroxylation is 2. The fourth-order valence-electron chi connectivity index (χ4n) is 4.65. The van der Waals surface area contributed by atoms with Gasteiger partial charge in [-0.2, -0.15) is 5.10 Å². The molecular weight excluding hydrogens is 380 g/mol. The predicted octanol–water partition coefficient (Wildman–Crippen LogP) is 3.38. The first-order valence-corrected chi connectivity index (χ1v) is 10.4. The molecule has 1 fully saturated rings. The summed E-state index contributed by atoms with van der Waals surface area (Å²) >= 11 is 0. The number of carbonyl (C=O) groups is 2. The second-order valence-corrected chi connectivity index (χ2v) is 8.37. The molecule has 1 unspecified atom stereocenters. The molecule has 1 saturated heterocycles. The van der Waals surface area contributed by atoms with Gasteiger partial charge in [0.25, 0.3) is 5.91 Å². The van der Waals surface area contributed by atoms with Gasteiger partial charge in [0.15, 0.2) is 17.1 Å². The van der Waals surface area contributed by atoms with E-state index < -0.39 is 5.60 Å². The highest BCUT2D eigenvalue weighted by Gasteiger charge is 2.42. The van der Waals surface area contributed by atoms with Gasteiger partial charge in [0, 0.05) is 37.0 Å². The maximum atomic E-state index is 13.2. The number of fused-ring (bicyclic) bond motifs is 2. The molecule has 0 N–H and O–H groups in total. The largest absolute Gasteiger partial charge is 0.486 e. The highest BCUT2D eigenvalue weighted by Crippen LogP contribution is 2.39. The van der Waals surface area contributed by atoms with E-state index in [4.69, 9.17) is 4.74 Å². The molecule has 0 aliphatic carbocycles. The molecule has 0 radical (unpaired) electrons. The molecule has 2 aromatic heterocycles. The smallest absolute Gasteiger partial charge is 0.274 e. The molecule has 3 aromatic rings. The number of rotatable bonds is 1. The summed E-state index contributed by atoms with van der Waals surface area (Å²) in [6.45, 7) is 5.04. The van der Waals surface area contributed by atoms with E-state index in [0.29, 0.717) is 48.6 Å². The van der Waals surface area contributed by atoms with Gasteiger partial charge in [-0.15, -0.1) is 0 Å². The third-order valence-corrected chi connectivity index (χ3v) is 6.13. The van der Waals surface area contributed by atoms with Crippen LogP contribution in [0.25, 0.3) is 5.65 Å². The van der Waals surface area contributed by atoms with Gasteiger partial charge in [0.05, 0.1) is 12.0 Å². The van der Waals surface area contributed by atoms with Crippen LogP contribution >= 0.6 is 0 Å². The highest BCUT2D eigenvalue weighted by molar-refractivity contribution is 6.00. The third kappa shape index (κ3) is 3.14. The Hall–Kier alpha value is -3.22. The van der Waals surface area contributed by atoms with E-state index in [1.807, 2.05) is 49.1 Å². The molecule has 1 atom stereocenters. The van der Waals surface area contributed by atoms with Crippen LogP contribution in [0.15, 0.2) is 36.4 Å². The predicted molar refractivity (Wildman–Crippen MR) is 111 cm³/mol. The summed E-state index contributed by atoms with van der Waals surface area (Å²) in [6, 6.07) is 11.1. The Labute approximate surface area is 174 Å². The summed E-state index contributed by atoms with van der Waals surface area (Å²) in [7, 11) is 0. The van der Waals surface area contributed by atoms with Crippen molar-refractivity contribution in [1.82, 2.24) is 19.5 Å². The van der Waals surface area contributed by atoms with Crippen molar-refractivity contribution in [2.75, 3.05) is 13.1 Å². The first-order chi connectivity index (χ1) is 14.4. The number of ether oxygens (including phenoxy) is 1. The Morgan fingerprint density at radius 3 is 2.83 bits per heavy atom. The van der Waals surface area contributed by atoms with Crippen LogP contribution in [0.3, 0.4) is 0 Å². The second kappa shape index (κ2) is 6.93. The van der Waals surface area contributed by atoms with Crippen LogP contribution in [0.1, 0.15) is 57.9 Å². The van der Waals surface area contributed by atoms with Crippen molar-refractivity contribution in [2.24, 2.45) is 0 Å². The molecule has 0 bridgehead atoms. The van der Waals surface area contributed by atoms with E-state index in [1.165, 1.54) is 0 Å². The molecule has 1 amide bonds. The van der Waals surface area contributed by atoms with Crippen LogP contribution in [0, 0.1) is 13.8 Å². The minimum Gasteiger partial charge on any atom is -0.486 e. The average molecular weight is 404 g/mol. The zero-order valence-electron chi connectivity index (χ0n) is 17.2. The molecule has 0 saturated carbocycles. The van der Waals surface area contributed by atoms with Crippen LogP contribution < -0.4 is 4.74 Å². The molecule has 5 rings (SSSR count). The minimum atomic E-state index is -0.533. The molecule has 154 valence electrons. The number of hydrogen-bond acceptors (Lipinski definition) is 5. The van der Waals surface area contributed by atoms with E-state index in [2.05, 4.69) is 10.1 Å². The standard InChI is InChI=1S/C23H24N4O3/c1-15-12-16(2)27-21(24-15)13-18(25-27)22(29)26-10-5-8-23(9-11-26)14-19(28)17-6-3-4-7-20(17)30-23/h3-4,6-7,12-13H,5,8-11,14H2,1-2H3. The fourth-order valence-corrected chi connectivity index (χ4v) is 4.65. The summed E-state index contributed by atoms with van der Waals surface area (Å²) < 4.78 is 8.04. The average Bonchev–Trinajstić information content (AvgIpc) is 3.04. The number of ketones is 1. The number of hydrogen-bond donors (Lipinski definition) is 0. The Morgan fingerprint density at radius 2 is 1.97 bits per heavy atom. The van der Waals surface area contributed by atoms with Crippen LogP contribution in [0.2, 0.25) is 0 Å². The Balaban J connectivity index is 1.37. The molecule has 2 aliphatic heterocycles. The molecule has 7 heteroatoms. The van der Waals surface area contributed by atoms with Crippen LogP contribution in [0.5, 0.6) is 5.75 Å². The lowest BCUT2D eigenvalue weighted by Crippen LogP contribution is -2.43. The number of nitrogens with zero attached hydrogens (tertiary/aromatic N) is 4. The number of carbonyl (C=O) groups excluding carboxylic acids is 2. The minimum absolute atomic E-state index is 0.0999. The summed E-state index contributed by atoms with van der Waals surface area (Å²) in [4.78, 5) is 32.2. The van der Waals surface area contributed by atoms with Gasteiger partial charge in [-0.1, -0.05) is 12.1 Å². The SMILES string of the molecule is Cc1cc(C)n2nc(C(=O)N3CCCC4(CC3)CC(=O)c3ccccc3O4)cc2n1. The monoisotopic (exact) mass is 404 g/mol. The van der Waals surface area contributed by atoms with E-state index in [-0.39, 0.29) is 11.7 Å². The molecule has 1 spiro atoms. The summed E-state index contributed by atoms with van der Waals surface area (Å²) in [6.07, 6.45) is 2.53. The second-order valence-electron chi connectivity index (χ2n) is 8.37. The van der Waals surface area contributed by atoms with E-state index in [0.717, 1.165) is 24.2 Å². The van der Waals surface area contributed by atoms with Crippen molar-refractivity contribution in [3.05, 3.63) is 59.0 Å². The number of likely N-dealkylation sites (tertiary alicyclic amines) is 1. The summed E-state index contributed by atoms with van der Waals surface area (Å²) in [5, 5.41) is 4.48. The topological polar surface area (TPSA) is 76.8 Å². The lowest BCUT2D eigenvalue weighted by molar-refractivity contribution is 0.0300. The number of para-hydroxylation sites is 1. The van der Waals surface area contributed by atoms with E-state index >= 15 is 0 Å². The first kappa shape index (κ1) is 18.8. The number of amides is 1. The third-order valence-electron chi connectivity index (χ3n) is 6.13. The van der Waals surface area contributed by atoms with Gasteiger partial charge >= 0.3 is 0 Å². The van der Waals surface area contributed by atoms with Crippen molar-refractivity contribution in [2.45, 2.75) is 45.1 Å². The zero-order valence-corrected chi connectivity index (χ0v) is 17.2. The lowest BCUT2D eigenvalue weighted by Gasteiger charge is -2.37. The van der Waals surface area contributed by atoms with Gasteiger partial charge < -0.3 is 9.64 Å². The summed E-state index contributed by atoms with van der Waals surface area (Å²) in [5.41, 5.74) is 3.05. The zero-order chi connectivity index (χ0) is 20.9. The van der Waals surface area contributed by atoms with Crippen molar-refractivity contribution in [3.63, 3.8) is 0 Å².